The van der Waals surface area contributed by atoms with Crippen molar-refractivity contribution in [1.82, 2.24) is 9.97 Å². The van der Waals surface area contributed by atoms with Crippen molar-refractivity contribution in [2.45, 2.75) is 13.3 Å². The van der Waals surface area contributed by atoms with Crippen molar-refractivity contribution < 1.29 is 9.47 Å². The van der Waals surface area contributed by atoms with Crippen LogP contribution in [0.2, 0.25) is 5.02 Å². The zero-order valence-electron chi connectivity index (χ0n) is 16.1. The molecule has 0 fully saturated rings. The lowest BCUT2D eigenvalue weighted by Gasteiger charge is -2.13. The lowest BCUT2D eigenvalue weighted by molar-refractivity contribution is 0.395. The van der Waals surface area contributed by atoms with Gasteiger partial charge in [-0.3, -0.25) is 0 Å². The van der Waals surface area contributed by atoms with Gasteiger partial charge in [-0.15, -0.1) is 0 Å². The van der Waals surface area contributed by atoms with Gasteiger partial charge in [-0.2, -0.15) is 4.98 Å². The molecule has 1 heterocycles. The van der Waals surface area contributed by atoms with Crippen LogP contribution in [-0.4, -0.2) is 30.7 Å². The molecule has 0 aliphatic carbocycles. The van der Waals surface area contributed by atoms with E-state index in [1.807, 2.05) is 55.5 Å². The molecule has 28 heavy (non-hydrogen) atoms. The summed E-state index contributed by atoms with van der Waals surface area (Å²) in [6.07, 6.45) is 0.826. The smallest absolute Gasteiger partial charge is 0.224 e. The minimum absolute atomic E-state index is 0.567. The minimum Gasteiger partial charge on any atom is -0.497 e. The first-order chi connectivity index (χ1) is 13.6. The maximum absolute atomic E-state index is 6.03. The molecule has 0 spiro atoms. The highest BCUT2D eigenvalue weighted by atomic mass is 35.5. The fraction of sp³-hybridized carbons (Fsp3) is 0.238. The summed E-state index contributed by atoms with van der Waals surface area (Å²) in [5.74, 6) is 2.65. The van der Waals surface area contributed by atoms with Crippen LogP contribution < -0.4 is 20.1 Å². The summed E-state index contributed by atoms with van der Waals surface area (Å²) in [4.78, 5) is 9.00. The molecule has 0 unspecified atom stereocenters. The van der Waals surface area contributed by atoms with Crippen molar-refractivity contribution >= 4 is 29.1 Å². The standard InChI is InChI=1S/C21H23ClN4O2/c1-14-11-20(25-18-8-7-17(27-2)13-19(18)28-3)26-21(24-14)23-10-9-15-5-4-6-16(22)12-15/h4-8,11-13H,9-10H2,1-3H3,(H2,23,24,25,26). The van der Waals surface area contributed by atoms with Crippen molar-refractivity contribution in [3.05, 3.63) is 64.8 Å². The molecule has 0 amide bonds. The van der Waals surface area contributed by atoms with E-state index in [0.29, 0.717) is 24.1 Å². The molecule has 3 rings (SSSR count). The number of methoxy groups -OCH3 is 2. The number of aromatic nitrogens is 2. The average molecular weight is 399 g/mol. The van der Waals surface area contributed by atoms with Gasteiger partial charge in [-0.05, 0) is 43.2 Å². The summed E-state index contributed by atoms with van der Waals surface area (Å²) in [6, 6.07) is 15.3. The number of anilines is 3. The molecule has 6 nitrogen and oxygen atoms in total. The summed E-state index contributed by atoms with van der Waals surface area (Å²) >= 11 is 6.03. The van der Waals surface area contributed by atoms with Gasteiger partial charge in [0.1, 0.15) is 17.3 Å². The summed E-state index contributed by atoms with van der Waals surface area (Å²) in [7, 11) is 3.24. The van der Waals surface area contributed by atoms with Gasteiger partial charge >= 0.3 is 0 Å². The Labute approximate surface area is 169 Å². The van der Waals surface area contributed by atoms with E-state index in [9.17, 15) is 0 Å². The van der Waals surface area contributed by atoms with Gasteiger partial charge < -0.3 is 20.1 Å². The van der Waals surface area contributed by atoms with Crippen molar-refractivity contribution in [1.29, 1.82) is 0 Å². The van der Waals surface area contributed by atoms with Crippen LogP contribution in [0.5, 0.6) is 11.5 Å². The number of nitrogens with one attached hydrogen (secondary N) is 2. The number of hydrogen-bond acceptors (Lipinski definition) is 6. The third-order valence-electron chi connectivity index (χ3n) is 4.11. The van der Waals surface area contributed by atoms with Crippen molar-refractivity contribution in [3.63, 3.8) is 0 Å². The summed E-state index contributed by atoms with van der Waals surface area (Å²) in [5.41, 5.74) is 2.82. The third kappa shape index (κ3) is 5.27. The zero-order valence-corrected chi connectivity index (χ0v) is 16.9. The molecule has 1 aromatic heterocycles. The number of benzene rings is 2. The SMILES string of the molecule is COc1ccc(Nc2cc(C)nc(NCCc3cccc(Cl)c3)n2)c(OC)c1. The Bertz CT molecular complexity index is 949. The molecule has 0 saturated heterocycles. The number of halogens is 1. The van der Waals surface area contributed by atoms with Crippen LogP contribution >= 0.6 is 11.6 Å². The maximum atomic E-state index is 6.03. The first-order valence-electron chi connectivity index (χ1n) is 8.90. The number of aryl methyl sites for hydroxylation is 1. The Balaban J connectivity index is 1.69. The van der Waals surface area contributed by atoms with Gasteiger partial charge in [0.2, 0.25) is 5.95 Å². The molecule has 2 aromatic carbocycles. The van der Waals surface area contributed by atoms with Crippen LogP contribution in [0.3, 0.4) is 0 Å². The van der Waals surface area contributed by atoms with Gasteiger partial charge in [0.05, 0.1) is 19.9 Å². The highest BCUT2D eigenvalue weighted by molar-refractivity contribution is 6.30. The van der Waals surface area contributed by atoms with Crippen LogP contribution in [0.25, 0.3) is 0 Å². The Morgan fingerprint density at radius 3 is 2.61 bits per heavy atom. The van der Waals surface area contributed by atoms with E-state index in [2.05, 4.69) is 20.6 Å². The fourth-order valence-corrected chi connectivity index (χ4v) is 2.98. The minimum atomic E-state index is 0.567. The fourth-order valence-electron chi connectivity index (χ4n) is 2.76. The number of hydrogen-bond donors (Lipinski definition) is 2. The Morgan fingerprint density at radius 1 is 1.00 bits per heavy atom. The van der Waals surface area contributed by atoms with E-state index in [0.717, 1.165) is 34.1 Å². The highest BCUT2D eigenvalue weighted by Crippen LogP contribution is 2.31. The predicted molar refractivity (Wildman–Crippen MR) is 113 cm³/mol. The van der Waals surface area contributed by atoms with Crippen LogP contribution in [0, 0.1) is 6.92 Å². The lowest BCUT2D eigenvalue weighted by atomic mass is 10.1. The Morgan fingerprint density at radius 2 is 1.86 bits per heavy atom. The molecule has 2 N–H and O–H groups in total. The molecular weight excluding hydrogens is 376 g/mol. The van der Waals surface area contributed by atoms with Gasteiger partial charge in [-0.1, -0.05) is 23.7 Å². The van der Waals surface area contributed by atoms with Gasteiger partial charge in [0.25, 0.3) is 0 Å². The van der Waals surface area contributed by atoms with Crippen LogP contribution in [-0.2, 0) is 6.42 Å². The van der Waals surface area contributed by atoms with E-state index < -0.39 is 0 Å². The van der Waals surface area contributed by atoms with Gasteiger partial charge in [-0.25, -0.2) is 4.98 Å². The molecule has 146 valence electrons. The topological polar surface area (TPSA) is 68.3 Å². The summed E-state index contributed by atoms with van der Waals surface area (Å²) in [6.45, 7) is 2.63. The maximum Gasteiger partial charge on any atom is 0.224 e. The summed E-state index contributed by atoms with van der Waals surface area (Å²) in [5, 5.41) is 7.29. The first kappa shape index (κ1) is 19.8. The van der Waals surface area contributed by atoms with E-state index in [1.165, 1.54) is 0 Å². The Hall–Kier alpha value is -2.99. The number of ether oxygens (including phenoxy) is 2. The number of rotatable bonds is 8. The van der Waals surface area contributed by atoms with E-state index in [-0.39, 0.29) is 0 Å². The van der Waals surface area contributed by atoms with E-state index in [1.54, 1.807) is 14.2 Å². The van der Waals surface area contributed by atoms with Crippen LogP contribution in [0.1, 0.15) is 11.3 Å². The predicted octanol–water partition coefficient (Wildman–Crippen LogP) is 4.85. The van der Waals surface area contributed by atoms with E-state index >= 15 is 0 Å². The molecule has 0 bridgehead atoms. The Kier molecular flexibility index (Phi) is 6.55. The van der Waals surface area contributed by atoms with Crippen molar-refractivity contribution in [2.75, 3.05) is 31.4 Å². The van der Waals surface area contributed by atoms with Crippen molar-refractivity contribution in [3.8, 4) is 11.5 Å². The number of nitrogens with zero attached hydrogens (tertiary/aromatic N) is 2. The monoisotopic (exact) mass is 398 g/mol. The summed E-state index contributed by atoms with van der Waals surface area (Å²) < 4.78 is 10.7. The quantitative estimate of drug-likeness (QED) is 0.565. The van der Waals surface area contributed by atoms with Gasteiger partial charge in [0, 0.05) is 29.4 Å². The lowest BCUT2D eigenvalue weighted by Crippen LogP contribution is -2.09. The molecule has 0 aliphatic heterocycles. The van der Waals surface area contributed by atoms with Crippen LogP contribution in [0.4, 0.5) is 17.5 Å². The molecule has 0 saturated carbocycles. The second-order valence-electron chi connectivity index (χ2n) is 6.22. The molecular formula is C21H23ClN4O2. The van der Waals surface area contributed by atoms with E-state index in [4.69, 9.17) is 21.1 Å². The largest absolute Gasteiger partial charge is 0.497 e. The molecule has 7 heteroatoms. The van der Waals surface area contributed by atoms with Gasteiger partial charge in [0.15, 0.2) is 0 Å². The molecule has 3 aromatic rings. The van der Waals surface area contributed by atoms with Crippen molar-refractivity contribution in [2.24, 2.45) is 0 Å². The zero-order chi connectivity index (χ0) is 19.9. The third-order valence-corrected chi connectivity index (χ3v) is 4.35. The first-order valence-corrected chi connectivity index (χ1v) is 9.28. The average Bonchev–Trinajstić information content (AvgIpc) is 2.68. The molecule has 0 aliphatic rings. The molecule has 0 atom stereocenters. The second kappa shape index (κ2) is 9.28. The van der Waals surface area contributed by atoms with Crippen LogP contribution in [0.15, 0.2) is 48.5 Å². The second-order valence-corrected chi connectivity index (χ2v) is 6.65. The molecule has 0 radical (unpaired) electrons. The highest BCUT2D eigenvalue weighted by Gasteiger charge is 2.08. The normalized spacial score (nSPS) is 10.4.